The minimum Gasteiger partial charge on any atom is -0.473 e. The maximum atomic E-state index is 12.7. The van der Waals surface area contributed by atoms with Crippen LogP contribution in [0.5, 0.6) is 0 Å². The van der Waals surface area contributed by atoms with E-state index in [2.05, 4.69) is 84.5 Å². The normalized spacial score (nSPS) is 18.2. The number of aliphatic carboxylic acids is 2. The Kier molecular flexibility index (Phi) is 13.6. The lowest BCUT2D eigenvalue weighted by molar-refractivity contribution is -0.159. The maximum Gasteiger partial charge on any atom is 0.414 e. The average Bonchev–Trinajstić information content (AvgIpc) is 3.01. The van der Waals surface area contributed by atoms with E-state index < -0.39 is 17.5 Å². The zero-order valence-electron chi connectivity index (χ0n) is 24.0. The van der Waals surface area contributed by atoms with Crippen LogP contribution in [0.1, 0.15) is 62.5 Å². The molecule has 1 aliphatic heterocycles. The number of hydrogen-bond donors (Lipinski definition) is 3. The van der Waals surface area contributed by atoms with Crippen LogP contribution in [0.25, 0.3) is 0 Å². The fraction of sp³-hybridized carbons (Fsp3) is 0.515. The summed E-state index contributed by atoms with van der Waals surface area (Å²) in [6.07, 6.45) is 10.1. The van der Waals surface area contributed by atoms with Crippen molar-refractivity contribution in [2.75, 3.05) is 31.6 Å². The third-order valence-electron chi connectivity index (χ3n) is 7.81. The van der Waals surface area contributed by atoms with E-state index in [1.807, 2.05) is 23.5 Å². The summed E-state index contributed by atoms with van der Waals surface area (Å²) in [6, 6.07) is 21.3. The van der Waals surface area contributed by atoms with E-state index in [0.717, 1.165) is 62.3 Å². The Labute approximate surface area is 253 Å². The van der Waals surface area contributed by atoms with Gasteiger partial charge in [-0.05, 0) is 67.7 Å². The van der Waals surface area contributed by atoms with Gasteiger partial charge in [0.1, 0.15) is 5.60 Å². The molecule has 8 heteroatoms. The van der Waals surface area contributed by atoms with Crippen LogP contribution in [-0.2, 0) is 21.6 Å². The molecule has 1 heterocycles. The third-order valence-corrected chi connectivity index (χ3v) is 11.5. The molecule has 2 aliphatic rings. The number of nitrogens with zero attached hydrogens (tertiary/aromatic N) is 1. The number of likely N-dealkylation sites (N-methyl/N-ethyl adjacent to an activating group) is 1. The van der Waals surface area contributed by atoms with E-state index in [1.165, 1.54) is 31.2 Å². The molecule has 1 atom stereocenters. The molecule has 0 aromatic heterocycles. The number of carbonyl (C=O) groups is 2. The fourth-order valence-corrected chi connectivity index (χ4v) is 9.41. The largest absolute Gasteiger partial charge is 0.473 e. The van der Waals surface area contributed by atoms with Gasteiger partial charge in [0.15, 0.2) is 0 Å². The summed E-state index contributed by atoms with van der Waals surface area (Å²) in [5.41, 5.74) is 1.68. The van der Waals surface area contributed by atoms with Crippen molar-refractivity contribution in [3.05, 3.63) is 71.8 Å². The predicted molar refractivity (Wildman–Crippen MR) is 169 cm³/mol. The molecule has 6 nitrogen and oxygen atoms in total. The Morgan fingerprint density at radius 1 is 0.902 bits per heavy atom. The van der Waals surface area contributed by atoms with Gasteiger partial charge in [-0.25, -0.2) is 9.59 Å². The minimum absolute atomic E-state index is 0.220. The number of rotatable bonds is 9. The predicted octanol–water partition coefficient (Wildman–Crippen LogP) is 6.13. The lowest BCUT2D eigenvalue weighted by atomic mass is 9.70. The summed E-state index contributed by atoms with van der Waals surface area (Å²) < 4.78 is -0.220. The monoisotopic (exact) mass is 597 g/mol. The molecular weight excluding hydrogens is 554 g/mol. The van der Waals surface area contributed by atoms with Crippen molar-refractivity contribution in [1.29, 1.82) is 0 Å². The van der Waals surface area contributed by atoms with Gasteiger partial charge >= 0.3 is 11.9 Å². The number of carboxylic acid groups (broad SMARTS) is 2. The van der Waals surface area contributed by atoms with Crippen LogP contribution < -0.4 is 0 Å². The van der Waals surface area contributed by atoms with E-state index in [-0.39, 0.29) is 4.08 Å². The lowest BCUT2D eigenvalue weighted by Gasteiger charge is -2.53. The smallest absolute Gasteiger partial charge is 0.414 e. The van der Waals surface area contributed by atoms with Crippen molar-refractivity contribution in [1.82, 2.24) is 4.90 Å². The summed E-state index contributed by atoms with van der Waals surface area (Å²) in [4.78, 5) is 20.5. The highest BCUT2D eigenvalue weighted by Gasteiger charge is 2.56. The van der Waals surface area contributed by atoms with Gasteiger partial charge in [0.2, 0.25) is 0 Å². The summed E-state index contributed by atoms with van der Waals surface area (Å²) in [5.74, 6) is 5.85. The molecule has 0 bridgehead atoms. The van der Waals surface area contributed by atoms with Crippen LogP contribution in [0.15, 0.2) is 60.7 Å². The Morgan fingerprint density at radius 2 is 1.49 bits per heavy atom. The number of thioether (sulfide) groups is 2. The number of benzene rings is 2. The van der Waals surface area contributed by atoms with Crippen LogP contribution in [0.2, 0.25) is 0 Å². The minimum atomic E-state index is -1.82. The van der Waals surface area contributed by atoms with Gasteiger partial charge < -0.3 is 15.3 Å². The first-order valence-electron chi connectivity index (χ1n) is 14.5. The van der Waals surface area contributed by atoms with E-state index in [0.29, 0.717) is 5.92 Å². The highest BCUT2D eigenvalue weighted by atomic mass is 32.2. The molecule has 0 spiro atoms. The topological polar surface area (TPSA) is 98.1 Å². The second-order valence-corrected chi connectivity index (χ2v) is 13.8. The first-order chi connectivity index (χ1) is 19.8. The molecule has 0 radical (unpaired) electrons. The molecule has 2 aromatic rings. The molecule has 1 saturated heterocycles. The molecule has 1 aliphatic carbocycles. The van der Waals surface area contributed by atoms with Gasteiger partial charge in [-0.1, -0.05) is 85.8 Å². The van der Waals surface area contributed by atoms with Crippen LogP contribution in [0, 0.1) is 17.8 Å². The van der Waals surface area contributed by atoms with Gasteiger partial charge in [0.25, 0.3) is 0 Å². The summed E-state index contributed by atoms with van der Waals surface area (Å²) in [6.45, 7) is 1.81. The molecule has 4 rings (SSSR count). The molecule has 1 unspecified atom stereocenters. The van der Waals surface area contributed by atoms with Crippen molar-refractivity contribution < 1.29 is 24.9 Å². The number of hydrogen-bond acceptors (Lipinski definition) is 6. The maximum absolute atomic E-state index is 12.7. The van der Waals surface area contributed by atoms with Crippen molar-refractivity contribution in [3.63, 3.8) is 0 Å². The van der Waals surface area contributed by atoms with Gasteiger partial charge in [-0.3, -0.25) is 4.90 Å². The Bertz CT molecular complexity index is 1130. The van der Waals surface area contributed by atoms with Crippen molar-refractivity contribution in [2.24, 2.45) is 5.92 Å². The quantitative estimate of drug-likeness (QED) is 0.235. The van der Waals surface area contributed by atoms with Gasteiger partial charge in [-0.15, -0.1) is 29.4 Å². The molecule has 2 aromatic carbocycles. The number of carboxylic acids is 2. The van der Waals surface area contributed by atoms with E-state index in [1.54, 1.807) is 0 Å². The second-order valence-electron chi connectivity index (χ2n) is 10.7. The average molecular weight is 598 g/mol. The standard InChI is InChI=1S/C31H41NOS2.C2H2O4/c1-32(24-21-27-15-6-2-7-16-27)23-13-5-12-22-30(34-25-14-26-35-30)31(33,28-17-8-3-9-18-28)29-19-10-4-11-20-29;3-1(4)2(5)6/h2-3,6-9,15-18,29,33H,4,10-12,14,19-26H2,1H3;(H,3,4)(H,5,6). The molecule has 222 valence electrons. The molecular formula is C33H43NO5S2. The van der Waals surface area contributed by atoms with Crippen LogP contribution in [0.4, 0.5) is 0 Å². The lowest BCUT2D eigenvalue weighted by Crippen LogP contribution is -2.54. The van der Waals surface area contributed by atoms with Gasteiger partial charge in [-0.2, -0.15) is 0 Å². The molecule has 41 heavy (non-hydrogen) atoms. The first kappa shape index (κ1) is 33.1. The summed E-state index contributed by atoms with van der Waals surface area (Å²) in [7, 11) is 2.16. The molecule has 2 fully saturated rings. The zero-order valence-corrected chi connectivity index (χ0v) is 25.6. The summed E-state index contributed by atoms with van der Waals surface area (Å²) in [5, 5.41) is 27.5. The van der Waals surface area contributed by atoms with Crippen LogP contribution >= 0.6 is 23.5 Å². The van der Waals surface area contributed by atoms with E-state index in [4.69, 9.17) is 19.8 Å². The summed E-state index contributed by atoms with van der Waals surface area (Å²) >= 11 is 4.02. The Balaban J connectivity index is 0.000000696. The van der Waals surface area contributed by atoms with Gasteiger partial charge in [0.05, 0.1) is 10.6 Å². The van der Waals surface area contributed by atoms with Gasteiger partial charge in [0, 0.05) is 13.0 Å². The fourth-order valence-electron chi connectivity index (χ4n) is 5.66. The first-order valence-corrected chi connectivity index (χ1v) is 16.5. The van der Waals surface area contributed by atoms with Crippen molar-refractivity contribution in [3.8, 4) is 11.8 Å². The van der Waals surface area contributed by atoms with E-state index in [9.17, 15) is 5.11 Å². The highest BCUT2D eigenvalue weighted by Crippen LogP contribution is 2.60. The van der Waals surface area contributed by atoms with Crippen LogP contribution in [0.3, 0.4) is 0 Å². The molecule has 1 saturated carbocycles. The number of aliphatic hydroxyl groups is 1. The van der Waals surface area contributed by atoms with Crippen molar-refractivity contribution >= 4 is 35.5 Å². The highest BCUT2D eigenvalue weighted by molar-refractivity contribution is 8.18. The zero-order chi connectivity index (χ0) is 29.6. The van der Waals surface area contributed by atoms with Crippen LogP contribution in [-0.4, -0.2) is 67.9 Å². The molecule has 3 N–H and O–H groups in total. The molecule has 0 amide bonds. The van der Waals surface area contributed by atoms with E-state index >= 15 is 0 Å². The SMILES string of the molecule is CN(CC#CCCC1(C(O)(c2ccccc2)C2CCCCC2)SCCCS1)CCc1ccccc1.O=C(O)C(=O)O. The van der Waals surface area contributed by atoms with Crippen molar-refractivity contribution in [2.45, 2.75) is 67.5 Å². The third kappa shape index (κ3) is 9.54. The Morgan fingerprint density at radius 3 is 2.07 bits per heavy atom. The second kappa shape index (κ2) is 16.9. The Hall–Kier alpha value is -2.44.